The van der Waals surface area contributed by atoms with Crippen LogP contribution in [0.1, 0.15) is 42.4 Å². The topological polar surface area (TPSA) is 119 Å². The zero-order chi connectivity index (χ0) is 25.5. The molecule has 0 amide bonds. The van der Waals surface area contributed by atoms with Crippen LogP contribution in [0.15, 0.2) is 83.9 Å². The molecule has 0 fully saturated rings. The van der Waals surface area contributed by atoms with Gasteiger partial charge in [-0.25, -0.2) is 14.6 Å². The van der Waals surface area contributed by atoms with Gasteiger partial charge < -0.3 is 19.8 Å². The minimum atomic E-state index is -0.759. The van der Waals surface area contributed by atoms with Crippen LogP contribution in [0.2, 0.25) is 0 Å². The summed E-state index contributed by atoms with van der Waals surface area (Å²) in [5.74, 6) is -0.954. The molecule has 0 radical (unpaired) electrons. The fourth-order valence-electron chi connectivity index (χ4n) is 4.12. The van der Waals surface area contributed by atoms with E-state index in [4.69, 9.17) is 9.47 Å². The van der Waals surface area contributed by atoms with Crippen LogP contribution in [-0.4, -0.2) is 45.6 Å². The highest BCUT2D eigenvalue weighted by Crippen LogP contribution is 2.38. The Morgan fingerprint density at radius 3 is 2.39 bits per heavy atom. The summed E-state index contributed by atoms with van der Waals surface area (Å²) in [4.78, 5) is 41.6. The fraction of sp³-hybridized carbons (Fsp3) is 0.222. The number of carbonyl (C=O) groups excluding carboxylic acids is 2. The van der Waals surface area contributed by atoms with Gasteiger partial charge in [-0.05, 0) is 31.1 Å². The van der Waals surface area contributed by atoms with Gasteiger partial charge in [0.2, 0.25) is 0 Å². The highest BCUT2D eigenvalue weighted by atomic mass is 16.5. The smallest absolute Gasteiger partial charge is 0.337 e. The van der Waals surface area contributed by atoms with Crippen molar-refractivity contribution in [2.45, 2.75) is 26.2 Å². The summed E-state index contributed by atoms with van der Waals surface area (Å²) in [6.07, 6.45) is 12.5. The van der Waals surface area contributed by atoms with Crippen molar-refractivity contribution in [3.63, 3.8) is 0 Å². The zero-order valence-electron chi connectivity index (χ0n) is 20.3. The van der Waals surface area contributed by atoms with Crippen molar-refractivity contribution in [3.05, 3.63) is 107 Å². The summed E-state index contributed by atoms with van der Waals surface area (Å²) in [7, 11) is 1.30. The van der Waals surface area contributed by atoms with Crippen LogP contribution in [0.3, 0.4) is 0 Å². The summed E-state index contributed by atoms with van der Waals surface area (Å²) >= 11 is 0. The number of nitrogens with zero attached hydrogens (tertiary/aromatic N) is 3. The third kappa shape index (κ3) is 5.57. The molecule has 9 heteroatoms. The van der Waals surface area contributed by atoms with E-state index < -0.39 is 17.9 Å². The number of methoxy groups -OCH3 is 1. The van der Waals surface area contributed by atoms with Gasteiger partial charge in [0.05, 0.1) is 29.9 Å². The molecule has 184 valence electrons. The average molecular weight is 486 g/mol. The standard InChI is InChI=1S/C27H27N5O4/c1-17-23(26(33)35-3)25(21-16-28-10-11-29-21)24(18(2)32-17)27(34)36-14-4-5-19-6-8-20(9-7-19)15-22-30-12-13-31-22/h4-13,16,25,32H,14-15H2,1-3H3,(H,30,31). The minimum Gasteiger partial charge on any atom is -0.466 e. The second kappa shape index (κ2) is 11.3. The first kappa shape index (κ1) is 24.6. The molecule has 0 saturated carbocycles. The van der Waals surface area contributed by atoms with E-state index in [0.29, 0.717) is 22.7 Å². The molecule has 0 aliphatic carbocycles. The third-order valence-corrected chi connectivity index (χ3v) is 5.79. The monoisotopic (exact) mass is 485 g/mol. The Labute approximate surface area is 209 Å². The number of ether oxygens (including phenoxy) is 2. The Bertz CT molecular complexity index is 1310. The summed E-state index contributed by atoms with van der Waals surface area (Å²) in [6, 6.07) is 8.05. The molecule has 9 nitrogen and oxygen atoms in total. The molecular formula is C27H27N5O4. The van der Waals surface area contributed by atoms with Crippen molar-refractivity contribution in [2.24, 2.45) is 0 Å². The maximum Gasteiger partial charge on any atom is 0.337 e. The molecule has 1 aromatic carbocycles. The molecule has 36 heavy (non-hydrogen) atoms. The number of hydrogen-bond acceptors (Lipinski definition) is 8. The lowest BCUT2D eigenvalue weighted by molar-refractivity contribution is -0.138. The number of imidazole rings is 1. The van der Waals surface area contributed by atoms with Crippen LogP contribution in [0.5, 0.6) is 0 Å². The van der Waals surface area contributed by atoms with Crippen LogP contribution >= 0.6 is 0 Å². The van der Waals surface area contributed by atoms with Gasteiger partial charge in [-0.1, -0.05) is 30.3 Å². The predicted molar refractivity (Wildman–Crippen MR) is 133 cm³/mol. The number of esters is 2. The Morgan fingerprint density at radius 2 is 1.75 bits per heavy atom. The van der Waals surface area contributed by atoms with Gasteiger partial charge in [-0.3, -0.25) is 9.97 Å². The lowest BCUT2D eigenvalue weighted by Gasteiger charge is -2.29. The van der Waals surface area contributed by atoms with E-state index in [0.717, 1.165) is 23.4 Å². The van der Waals surface area contributed by atoms with Crippen LogP contribution < -0.4 is 5.32 Å². The Balaban J connectivity index is 1.45. The van der Waals surface area contributed by atoms with Crippen molar-refractivity contribution < 1.29 is 19.1 Å². The Morgan fingerprint density at radius 1 is 1.00 bits per heavy atom. The molecule has 1 aliphatic heterocycles. The number of H-pyrrole nitrogens is 1. The Hall–Kier alpha value is -4.53. The van der Waals surface area contributed by atoms with E-state index in [2.05, 4.69) is 25.3 Å². The van der Waals surface area contributed by atoms with Crippen LogP contribution in [0.4, 0.5) is 0 Å². The maximum absolute atomic E-state index is 13.2. The van der Waals surface area contributed by atoms with E-state index in [-0.39, 0.29) is 12.2 Å². The van der Waals surface area contributed by atoms with Crippen LogP contribution in [-0.2, 0) is 25.5 Å². The van der Waals surface area contributed by atoms with Crippen molar-refractivity contribution >= 4 is 18.0 Å². The van der Waals surface area contributed by atoms with E-state index in [1.807, 2.05) is 30.3 Å². The lowest BCUT2D eigenvalue weighted by atomic mass is 9.83. The fourth-order valence-corrected chi connectivity index (χ4v) is 4.12. The SMILES string of the molecule is COC(=O)C1=C(C)NC(C)=C(C(=O)OCC=Cc2ccc(Cc3ncc[nH]3)cc2)C1c1cnccn1. The molecule has 4 rings (SSSR count). The average Bonchev–Trinajstić information content (AvgIpc) is 3.40. The first-order valence-corrected chi connectivity index (χ1v) is 11.4. The molecule has 2 N–H and O–H groups in total. The molecular weight excluding hydrogens is 458 g/mol. The van der Waals surface area contributed by atoms with Crippen molar-refractivity contribution in [3.8, 4) is 0 Å². The van der Waals surface area contributed by atoms with Crippen LogP contribution in [0.25, 0.3) is 6.08 Å². The zero-order valence-corrected chi connectivity index (χ0v) is 20.3. The number of nitrogens with one attached hydrogen (secondary N) is 2. The van der Waals surface area contributed by atoms with E-state index >= 15 is 0 Å². The minimum absolute atomic E-state index is 0.0627. The highest BCUT2D eigenvalue weighted by molar-refractivity contribution is 5.99. The largest absolute Gasteiger partial charge is 0.466 e. The van der Waals surface area contributed by atoms with Gasteiger partial charge in [0, 0.05) is 48.8 Å². The molecule has 0 saturated heterocycles. The molecule has 3 aromatic rings. The predicted octanol–water partition coefficient (Wildman–Crippen LogP) is 3.45. The number of hydrogen-bond donors (Lipinski definition) is 2. The molecule has 2 aromatic heterocycles. The quantitative estimate of drug-likeness (QED) is 0.466. The first-order chi connectivity index (χ1) is 17.5. The van der Waals surface area contributed by atoms with Gasteiger partial charge >= 0.3 is 11.9 Å². The van der Waals surface area contributed by atoms with Crippen molar-refractivity contribution in [1.82, 2.24) is 25.3 Å². The van der Waals surface area contributed by atoms with Gasteiger partial charge in [0.25, 0.3) is 0 Å². The molecule has 1 unspecified atom stereocenters. The maximum atomic E-state index is 13.2. The second-order valence-corrected chi connectivity index (χ2v) is 8.21. The summed E-state index contributed by atoms with van der Waals surface area (Å²) < 4.78 is 10.5. The van der Waals surface area contributed by atoms with Gasteiger partial charge in [0.15, 0.2) is 0 Å². The Kier molecular flexibility index (Phi) is 7.69. The second-order valence-electron chi connectivity index (χ2n) is 8.21. The number of benzene rings is 1. The number of carbonyl (C=O) groups is 2. The molecule has 0 spiro atoms. The number of aromatic nitrogens is 4. The van der Waals surface area contributed by atoms with Crippen molar-refractivity contribution in [2.75, 3.05) is 13.7 Å². The lowest BCUT2D eigenvalue weighted by Crippen LogP contribution is -2.32. The summed E-state index contributed by atoms with van der Waals surface area (Å²) in [5, 5.41) is 3.10. The number of allylic oxidation sites excluding steroid dienone is 2. The highest BCUT2D eigenvalue weighted by Gasteiger charge is 2.38. The molecule has 0 bridgehead atoms. The van der Waals surface area contributed by atoms with Crippen LogP contribution in [0, 0.1) is 0 Å². The van der Waals surface area contributed by atoms with Gasteiger partial charge in [-0.2, -0.15) is 0 Å². The first-order valence-electron chi connectivity index (χ1n) is 11.4. The van der Waals surface area contributed by atoms with Gasteiger partial charge in [-0.15, -0.1) is 0 Å². The molecule has 1 aliphatic rings. The number of rotatable bonds is 8. The summed E-state index contributed by atoms with van der Waals surface area (Å²) in [6.45, 7) is 3.58. The van der Waals surface area contributed by atoms with Gasteiger partial charge in [0.1, 0.15) is 12.4 Å². The van der Waals surface area contributed by atoms with Crippen molar-refractivity contribution in [1.29, 1.82) is 0 Å². The number of aromatic amines is 1. The third-order valence-electron chi connectivity index (χ3n) is 5.79. The van der Waals surface area contributed by atoms with E-state index in [1.54, 1.807) is 32.3 Å². The normalized spacial score (nSPS) is 15.7. The summed E-state index contributed by atoms with van der Waals surface area (Å²) in [5.41, 5.74) is 4.32. The van der Waals surface area contributed by atoms with E-state index in [9.17, 15) is 9.59 Å². The molecule has 1 atom stereocenters. The molecule has 3 heterocycles. The number of dihydropyridines is 1. The van der Waals surface area contributed by atoms with E-state index in [1.165, 1.54) is 25.7 Å².